The van der Waals surface area contributed by atoms with Gasteiger partial charge in [-0.05, 0) is 29.9 Å². The number of fused-ring (bicyclic) bond motifs is 1. The van der Waals surface area contributed by atoms with Gasteiger partial charge in [0.2, 0.25) is 4.96 Å². The Morgan fingerprint density at radius 2 is 1.96 bits per heavy atom. The van der Waals surface area contributed by atoms with Crippen LogP contribution in [0, 0.1) is 0 Å². The van der Waals surface area contributed by atoms with Gasteiger partial charge < -0.3 is 0 Å². The summed E-state index contributed by atoms with van der Waals surface area (Å²) in [4.78, 5) is 4.97. The number of thioether (sulfide) groups is 1. The molecule has 5 nitrogen and oxygen atoms in total. The third-order valence-corrected chi connectivity index (χ3v) is 5.48. The highest BCUT2D eigenvalue weighted by Crippen LogP contribution is 2.25. The third-order valence-electron chi connectivity index (χ3n) is 3.57. The van der Waals surface area contributed by atoms with E-state index in [1.54, 1.807) is 6.20 Å². The SMILES string of the molecule is c1ccc(CCSCc2nnc3sc(-c4cccnc4)nn23)cc1. The van der Waals surface area contributed by atoms with Crippen molar-refractivity contribution in [1.29, 1.82) is 0 Å². The molecule has 0 spiro atoms. The smallest absolute Gasteiger partial charge is 0.235 e. The molecule has 0 saturated carbocycles. The van der Waals surface area contributed by atoms with Crippen LogP contribution in [0.5, 0.6) is 0 Å². The fourth-order valence-corrected chi connectivity index (χ4v) is 4.09. The van der Waals surface area contributed by atoms with Crippen molar-refractivity contribution in [2.45, 2.75) is 12.2 Å². The van der Waals surface area contributed by atoms with Gasteiger partial charge in [-0.1, -0.05) is 41.7 Å². The van der Waals surface area contributed by atoms with Crippen molar-refractivity contribution < 1.29 is 0 Å². The molecule has 3 heterocycles. The van der Waals surface area contributed by atoms with Crippen molar-refractivity contribution in [1.82, 2.24) is 24.8 Å². The van der Waals surface area contributed by atoms with Gasteiger partial charge in [0.15, 0.2) is 5.82 Å². The maximum atomic E-state index is 4.64. The summed E-state index contributed by atoms with van der Waals surface area (Å²) in [5, 5.41) is 14.1. The zero-order valence-electron chi connectivity index (χ0n) is 12.9. The Hall–Kier alpha value is -2.25. The van der Waals surface area contributed by atoms with Crippen molar-refractivity contribution in [2.75, 3.05) is 5.75 Å². The first-order valence-corrected chi connectivity index (χ1v) is 9.60. The minimum Gasteiger partial charge on any atom is -0.264 e. The van der Waals surface area contributed by atoms with Gasteiger partial charge in [-0.2, -0.15) is 21.4 Å². The molecule has 0 atom stereocenters. The molecule has 0 radical (unpaired) electrons. The Morgan fingerprint density at radius 3 is 2.79 bits per heavy atom. The van der Waals surface area contributed by atoms with Gasteiger partial charge >= 0.3 is 0 Å². The van der Waals surface area contributed by atoms with E-state index in [0.717, 1.165) is 39.3 Å². The summed E-state index contributed by atoms with van der Waals surface area (Å²) in [7, 11) is 0. The van der Waals surface area contributed by atoms with Gasteiger partial charge in [0.1, 0.15) is 5.01 Å². The quantitative estimate of drug-likeness (QED) is 0.495. The van der Waals surface area contributed by atoms with Crippen molar-refractivity contribution >= 4 is 28.1 Å². The van der Waals surface area contributed by atoms with E-state index in [-0.39, 0.29) is 0 Å². The predicted molar refractivity (Wildman–Crippen MR) is 98.2 cm³/mol. The molecule has 0 amide bonds. The molecule has 0 unspecified atom stereocenters. The van der Waals surface area contributed by atoms with Gasteiger partial charge in [0.05, 0.1) is 5.75 Å². The van der Waals surface area contributed by atoms with E-state index < -0.39 is 0 Å². The van der Waals surface area contributed by atoms with Crippen molar-refractivity contribution in [3.05, 3.63) is 66.2 Å². The van der Waals surface area contributed by atoms with E-state index in [9.17, 15) is 0 Å². The Labute approximate surface area is 147 Å². The molecule has 0 bridgehead atoms. The molecule has 120 valence electrons. The second-order valence-corrected chi connectivity index (χ2v) is 7.31. The first kappa shape index (κ1) is 15.3. The van der Waals surface area contributed by atoms with Crippen LogP contribution in [0.4, 0.5) is 0 Å². The van der Waals surface area contributed by atoms with Crippen LogP contribution < -0.4 is 0 Å². The standard InChI is InChI=1S/C17H15N5S2/c1-2-5-13(6-3-1)8-10-23-12-15-19-20-17-22(15)21-16(24-17)14-7-4-9-18-11-14/h1-7,9,11H,8,10,12H2. The topological polar surface area (TPSA) is 56.0 Å². The van der Waals surface area contributed by atoms with Crippen LogP contribution >= 0.6 is 23.1 Å². The van der Waals surface area contributed by atoms with E-state index in [1.807, 2.05) is 40.7 Å². The molecular weight excluding hydrogens is 338 g/mol. The maximum absolute atomic E-state index is 4.64. The second kappa shape index (κ2) is 7.11. The normalized spacial score (nSPS) is 11.2. The van der Waals surface area contributed by atoms with Gasteiger partial charge in [-0.3, -0.25) is 4.98 Å². The average molecular weight is 353 g/mol. The first-order valence-electron chi connectivity index (χ1n) is 7.63. The van der Waals surface area contributed by atoms with Gasteiger partial charge in [-0.15, -0.1) is 10.2 Å². The lowest BCUT2D eigenvalue weighted by Gasteiger charge is -2.00. The molecule has 7 heteroatoms. The molecular formula is C17H15N5S2. The largest absolute Gasteiger partial charge is 0.264 e. The molecule has 3 aromatic heterocycles. The molecule has 24 heavy (non-hydrogen) atoms. The van der Waals surface area contributed by atoms with Gasteiger partial charge in [0.25, 0.3) is 0 Å². The molecule has 0 fully saturated rings. The van der Waals surface area contributed by atoms with Crippen LogP contribution in [-0.4, -0.2) is 30.5 Å². The number of nitrogens with zero attached hydrogens (tertiary/aromatic N) is 5. The number of hydrogen-bond acceptors (Lipinski definition) is 6. The maximum Gasteiger partial charge on any atom is 0.235 e. The van der Waals surface area contributed by atoms with Crippen molar-refractivity contribution in [2.24, 2.45) is 0 Å². The second-order valence-electron chi connectivity index (χ2n) is 5.25. The number of benzene rings is 1. The lowest BCUT2D eigenvalue weighted by Crippen LogP contribution is -1.96. The number of rotatable bonds is 6. The third kappa shape index (κ3) is 3.32. The molecule has 0 aliphatic heterocycles. The monoisotopic (exact) mass is 353 g/mol. The predicted octanol–water partition coefficient (Wildman–Crippen LogP) is 3.72. The molecule has 1 aromatic carbocycles. The van der Waals surface area contributed by atoms with E-state index >= 15 is 0 Å². The number of pyridine rings is 1. The van der Waals surface area contributed by atoms with Crippen LogP contribution in [0.3, 0.4) is 0 Å². The summed E-state index contributed by atoms with van der Waals surface area (Å²) >= 11 is 3.39. The lowest BCUT2D eigenvalue weighted by atomic mass is 10.2. The summed E-state index contributed by atoms with van der Waals surface area (Å²) in [6.07, 6.45) is 4.64. The lowest BCUT2D eigenvalue weighted by molar-refractivity contribution is 0.887. The summed E-state index contributed by atoms with van der Waals surface area (Å²) in [6, 6.07) is 14.5. The molecule has 0 aliphatic carbocycles. The van der Waals surface area contributed by atoms with Crippen molar-refractivity contribution in [3.8, 4) is 10.6 Å². The molecule has 0 N–H and O–H groups in total. The Bertz CT molecular complexity index is 918. The minimum atomic E-state index is 0.810. The van der Waals surface area contributed by atoms with Crippen LogP contribution in [0.15, 0.2) is 54.9 Å². The summed E-state index contributed by atoms with van der Waals surface area (Å²) in [5.41, 5.74) is 2.37. The molecule has 0 aliphatic rings. The molecule has 4 aromatic rings. The van der Waals surface area contributed by atoms with Crippen LogP contribution in [0.2, 0.25) is 0 Å². The van der Waals surface area contributed by atoms with Crippen molar-refractivity contribution in [3.63, 3.8) is 0 Å². The Kier molecular flexibility index (Phi) is 4.53. The zero-order valence-corrected chi connectivity index (χ0v) is 14.5. The molecule has 4 rings (SSSR count). The number of hydrogen-bond donors (Lipinski definition) is 0. The highest BCUT2D eigenvalue weighted by molar-refractivity contribution is 7.98. The van der Waals surface area contributed by atoms with E-state index in [1.165, 1.54) is 16.9 Å². The fraction of sp³-hybridized carbons (Fsp3) is 0.176. The highest BCUT2D eigenvalue weighted by Gasteiger charge is 2.12. The highest BCUT2D eigenvalue weighted by atomic mass is 32.2. The Morgan fingerprint density at radius 1 is 1.04 bits per heavy atom. The van der Waals surface area contributed by atoms with E-state index in [4.69, 9.17) is 0 Å². The minimum absolute atomic E-state index is 0.810. The van der Waals surface area contributed by atoms with Gasteiger partial charge in [0, 0.05) is 18.0 Å². The van der Waals surface area contributed by atoms with E-state index in [0.29, 0.717) is 0 Å². The summed E-state index contributed by atoms with van der Waals surface area (Å²) in [5.74, 6) is 2.76. The van der Waals surface area contributed by atoms with Gasteiger partial charge in [-0.25, -0.2) is 0 Å². The average Bonchev–Trinajstić information content (AvgIpc) is 3.22. The number of aryl methyl sites for hydroxylation is 1. The fourth-order valence-electron chi connectivity index (χ4n) is 2.35. The first-order chi connectivity index (χ1) is 11.9. The van der Waals surface area contributed by atoms with Crippen LogP contribution in [0.1, 0.15) is 11.4 Å². The van der Waals surface area contributed by atoms with Crippen LogP contribution in [0.25, 0.3) is 15.5 Å². The number of aromatic nitrogens is 5. The Balaban J connectivity index is 1.42. The van der Waals surface area contributed by atoms with E-state index in [2.05, 4.69) is 44.5 Å². The zero-order chi connectivity index (χ0) is 16.2. The summed E-state index contributed by atoms with van der Waals surface area (Å²) in [6.45, 7) is 0. The summed E-state index contributed by atoms with van der Waals surface area (Å²) < 4.78 is 1.85. The van der Waals surface area contributed by atoms with Crippen LogP contribution in [-0.2, 0) is 12.2 Å². The molecule has 0 saturated heterocycles.